The summed E-state index contributed by atoms with van der Waals surface area (Å²) in [5.41, 5.74) is 3.44. The second kappa shape index (κ2) is 8.30. The highest BCUT2D eigenvalue weighted by molar-refractivity contribution is 5.94. The highest BCUT2D eigenvalue weighted by atomic mass is 16.5. The highest BCUT2D eigenvalue weighted by Gasteiger charge is 2.18. The molecule has 0 saturated carbocycles. The van der Waals surface area contributed by atoms with Crippen molar-refractivity contribution in [1.29, 1.82) is 0 Å². The van der Waals surface area contributed by atoms with Crippen LogP contribution in [0.4, 0.5) is 0 Å². The number of hydrogen-bond acceptors (Lipinski definition) is 3. The fourth-order valence-electron chi connectivity index (χ4n) is 2.74. The van der Waals surface area contributed by atoms with Gasteiger partial charge in [0.05, 0.1) is 18.2 Å². The molecule has 0 fully saturated rings. The average molecular weight is 346 g/mol. The Bertz CT molecular complexity index is 844. The average Bonchev–Trinajstić information content (AvgIpc) is 2.68. The van der Waals surface area contributed by atoms with E-state index in [1.165, 1.54) is 0 Å². The van der Waals surface area contributed by atoms with Crippen molar-refractivity contribution in [3.63, 3.8) is 0 Å². The molecule has 2 aromatic carbocycles. The summed E-state index contributed by atoms with van der Waals surface area (Å²) in [6.07, 6.45) is 1.60. The van der Waals surface area contributed by atoms with Crippen molar-refractivity contribution in [2.45, 2.75) is 19.9 Å². The molecule has 1 atom stereocenters. The minimum absolute atomic E-state index is 0.153. The molecule has 1 aromatic heterocycles. The van der Waals surface area contributed by atoms with Gasteiger partial charge in [0.2, 0.25) is 0 Å². The maximum atomic E-state index is 12.7. The van der Waals surface area contributed by atoms with Gasteiger partial charge in [-0.2, -0.15) is 0 Å². The summed E-state index contributed by atoms with van der Waals surface area (Å²) in [7, 11) is 0. The molecule has 4 heteroatoms. The zero-order valence-corrected chi connectivity index (χ0v) is 15.0. The first-order valence-corrected chi connectivity index (χ1v) is 8.68. The Morgan fingerprint density at radius 1 is 1.00 bits per heavy atom. The predicted molar refractivity (Wildman–Crippen MR) is 102 cm³/mol. The number of aromatic nitrogens is 1. The van der Waals surface area contributed by atoms with Gasteiger partial charge in [-0.15, -0.1) is 0 Å². The molecule has 0 bridgehead atoms. The van der Waals surface area contributed by atoms with E-state index >= 15 is 0 Å². The van der Waals surface area contributed by atoms with Crippen LogP contribution in [-0.4, -0.2) is 17.5 Å². The van der Waals surface area contributed by atoms with Crippen LogP contribution in [-0.2, 0) is 0 Å². The van der Waals surface area contributed by atoms with Gasteiger partial charge < -0.3 is 10.1 Å². The van der Waals surface area contributed by atoms with E-state index < -0.39 is 0 Å². The summed E-state index contributed by atoms with van der Waals surface area (Å²) < 4.78 is 5.51. The van der Waals surface area contributed by atoms with E-state index in [0.29, 0.717) is 12.2 Å². The van der Waals surface area contributed by atoms with Gasteiger partial charge in [0.1, 0.15) is 5.75 Å². The lowest BCUT2D eigenvalue weighted by molar-refractivity contribution is 0.0942. The molecular formula is C22H22N2O2. The Labute approximate surface area is 153 Å². The lowest BCUT2D eigenvalue weighted by atomic mass is 9.98. The van der Waals surface area contributed by atoms with E-state index in [-0.39, 0.29) is 11.9 Å². The molecule has 1 unspecified atom stereocenters. The van der Waals surface area contributed by atoms with E-state index in [0.717, 1.165) is 22.6 Å². The number of amides is 1. The first-order valence-electron chi connectivity index (χ1n) is 8.68. The normalized spacial score (nSPS) is 11.6. The first kappa shape index (κ1) is 17.7. The molecule has 0 spiro atoms. The van der Waals surface area contributed by atoms with Gasteiger partial charge in [0.25, 0.3) is 5.91 Å². The predicted octanol–water partition coefficient (Wildman–Crippen LogP) is 4.31. The van der Waals surface area contributed by atoms with Gasteiger partial charge in [0, 0.05) is 11.9 Å². The molecule has 1 heterocycles. The number of nitrogens with one attached hydrogen (secondary N) is 1. The Morgan fingerprint density at radius 2 is 1.69 bits per heavy atom. The number of carbonyl (C=O) groups excluding carboxylic acids is 1. The molecule has 1 amide bonds. The van der Waals surface area contributed by atoms with Gasteiger partial charge >= 0.3 is 0 Å². The van der Waals surface area contributed by atoms with Crippen molar-refractivity contribution in [2.24, 2.45) is 0 Å². The summed E-state index contributed by atoms with van der Waals surface area (Å²) in [6.45, 7) is 4.48. The van der Waals surface area contributed by atoms with Gasteiger partial charge in [0.15, 0.2) is 0 Å². The van der Waals surface area contributed by atoms with E-state index in [9.17, 15) is 4.79 Å². The topological polar surface area (TPSA) is 51.2 Å². The second-order valence-electron chi connectivity index (χ2n) is 6.01. The minimum Gasteiger partial charge on any atom is -0.494 e. The largest absolute Gasteiger partial charge is 0.494 e. The van der Waals surface area contributed by atoms with Crippen LogP contribution in [0, 0.1) is 6.92 Å². The van der Waals surface area contributed by atoms with Crippen LogP contribution in [0.25, 0.3) is 0 Å². The lowest BCUT2D eigenvalue weighted by Crippen LogP contribution is -2.29. The third-order valence-electron chi connectivity index (χ3n) is 4.11. The number of aryl methyl sites for hydroxylation is 1. The number of nitrogens with zero attached hydrogens (tertiary/aromatic N) is 1. The SMILES string of the molecule is CCOc1ccc(C(NC(=O)c2ccc(C)nc2)c2ccccc2)cc1. The van der Waals surface area contributed by atoms with Crippen molar-refractivity contribution in [1.82, 2.24) is 10.3 Å². The molecule has 26 heavy (non-hydrogen) atoms. The van der Waals surface area contributed by atoms with Crippen LogP contribution >= 0.6 is 0 Å². The molecule has 0 saturated heterocycles. The summed E-state index contributed by atoms with van der Waals surface area (Å²) in [6, 6.07) is 21.1. The fourth-order valence-corrected chi connectivity index (χ4v) is 2.74. The molecule has 1 N–H and O–H groups in total. The Kier molecular flexibility index (Phi) is 5.64. The number of benzene rings is 2. The van der Waals surface area contributed by atoms with Crippen LogP contribution < -0.4 is 10.1 Å². The van der Waals surface area contributed by atoms with Crippen LogP contribution in [0.3, 0.4) is 0 Å². The molecule has 0 aliphatic carbocycles. The summed E-state index contributed by atoms with van der Waals surface area (Å²) in [4.78, 5) is 16.9. The Morgan fingerprint density at radius 3 is 2.31 bits per heavy atom. The molecular weight excluding hydrogens is 324 g/mol. The molecule has 0 radical (unpaired) electrons. The minimum atomic E-state index is -0.249. The van der Waals surface area contributed by atoms with Gasteiger partial charge in [-0.25, -0.2) is 0 Å². The van der Waals surface area contributed by atoms with Gasteiger partial charge in [-0.05, 0) is 49.2 Å². The van der Waals surface area contributed by atoms with E-state index in [1.807, 2.05) is 74.5 Å². The Hall–Kier alpha value is -3.14. The zero-order valence-electron chi connectivity index (χ0n) is 15.0. The summed E-state index contributed by atoms with van der Waals surface area (Å²) in [5, 5.41) is 3.12. The van der Waals surface area contributed by atoms with Crippen molar-refractivity contribution < 1.29 is 9.53 Å². The van der Waals surface area contributed by atoms with Crippen molar-refractivity contribution in [3.05, 3.63) is 95.3 Å². The number of ether oxygens (including phenoxy) is 1. The molecule has 132 valence electrons. The van der Waals surface area contributed by atoms with Crippen molar-refractivity contribution in [3.8, 4) is 5.75 Å². The molecule has 0 aliphatic rings. The monoisotopic (exact) mass is 346 g/mol. The summed E-state index contributed by atoms with van der Waals surface area (Å²) in [5.74, 6) is 0.664. The zero-order chi connectivity index (χ0) is 18.4. The van der Waals surface area contributed by atoms with E-state index in [4.69, 9.17) is 4.74 Å². The fraction of sp³-hybridized carbons (Fsp3) is 0.182. The Balaban J connectivity index is 1.88. The van der Waals surface area contributed by atoms with Crippen LogP contribution in [0.15, 0.2) is 72.9 Å². The molecule has 0 aliphatic heterocycles. The number of carbonyl (C=O) groups is 1. The standard InChI is InChI=1S/C22H22N2O2/c1-3-26-20-13-11-18(12-14-20)21(17-7-5-4-6-8-17)24-22(25)19-10-9-16(2)23-15-19/h4-15,21H,3H2,1-2H3,(H,24,25). The lowest BCUT2D eigenvalue weighted by Gasteiger charge is -2.20. The van der Waals surface area contributed by atoms with Crippen LogP contribution in [0.2, 0.25) is 0 Å². The van der Waals surface area contributed by atoms with Crippen LogP contribution in [0.1, 0.15) is 40.1 Å². The first-order chi connectivity index (χ1) is 12.7. The van der Waals surface area contributed by atoms with Crippen LogP contribution in [0.5, 0.6) is 5.75 Å². The maximum absolute atomic E-state index is 12.7. The molecule has 3 aromatic rings. The van der Waals surface area contributed by atoms with Crippen molar-refractivity contribution >= 4 is 5.91 Å². The maximum Gasteiger partial charge on any atom is 0.253 e. The number of rotatable bonds is 6. The van der Waals surface area contributed by atoms with Crippen molar-refractivity contribution in [2.75, 3.05) is 6.61 Å². The third kappa shape index (κ3) is 4.28. The van der Waals surface area contributed by atoms with E-state index in [2.05, 4.69) is 10.3 Å². The smallest absolute Gasteiger partial charge is 0.253 e. The highest BCUT2D eigenvalue weighted by Crippen LogP contribution is 2.24. The molecule has 4 nitrogen and oxygen atoms in total. The van der Waals surface area contributed by atoms with Gasteiger partial charge in [-0.1, -0.05) is 42.5 Å². The van der Waals surface area contributed by atoms with E-state index in [1.54, 1.807) is 12.3 Å². The quantitative estimate of drug-likeness (QED) is 0.724. The number of hydrogen-bond donors (Lipinski definition) is 1. The summed E-state index contributed by atoms with van der Waals surface area (Å²) >= 11 is 0. The van der Waals surface area contributed by atoms with Gasteiger partial charge in [-0.3, -0.25) is 9.78 Å². The second-order valence-corrected chi connectivity index (χ2v) is 6.01. The number of pyridine rings is 1. The molecule has 3 rings (SSSR count). The third-order valence-corrected chi connectivity index (χ3v) is 4.11.